The molecule has 22 heavy (non-hydrogen) atoms. The molecular weight excluding hydrogens is 289 g/mol. The molecule has 5 heteroatoms. The molecule has 3 aromatic rings. The topological polar surface area (TPSA) is 36.7 Å². The summed E-state index contributed by atoms with van der Waals surface area (Å²) in [6, 6.07) is 16.3. The largest absolute Gasteiger partial charge is 0.434 e. The predicted octanol–water partition coefficient (Wildman–Crippen LogP) is 4.79. The van der Waals surface area contributed by atoms with Crippen molar-refractivity contribution in [3.63, 3.8) is 0 Å². The molecule has 0 amide bonds. The Hall–Kier alpha value is -2.87. The number of hydrogen-bond acceptors (Lipinski definition) is 2. The maximum Gasteiger partial charge on any atom is 0.434 e. The monoisotopic (exact) mass is 298 g/mol. The first-order valence-electron chi connectivity index (χ1n) is 6.48. The number of para-hydroxylation sites is 1. The van der Waals surface area contributed by atoms with Gasteiger partial charge in [-0.1, -0.05) is 48.5 Å². The number of benzene rings is 2. The van der Waals surface area contributed by atoms with Crippen molar-refractivity contribution >= 4 is 10.9 Å². The number of nitrogens with zero attached hydrogens (tertiary/aromatic N) is 2. The molecule has 1 heterocycles. The molecule has 0 atom stereocenters. The van der Waals surface area contributed by atoms with Gasteiger partial charge in [0.25, 0.3) is 0 Å². The Balaban J connectivity index is 2.49. The van der Waals surface area contributed by atoms with Gasteiger partial charge in [0.1, 0.15) is 6.07 Å². The molecule has 0 fully saturated rings. The van der Waals surface area contributed by atoms with Gasteiger partial charge in [0.05, 0.1) is 11.1 Å². The van der Waals surface area contributed by atoms with Crippen LogP contribution in [0.1, 0.15) is 11.3 Å². The van der Waals surface area contributed by atoms with Gasteiger partial charge in [0.15, 0.2) is 5.69 Å². The molecule has 0 aliphatic heterocycles. The van der Waals surface area contributed by atoms with Crippen molar-refractivity contribution in [3.05, 3.63) is 65.9 Å². The number of hydrogen-bond donors (Lipinski definition) is 0. The Morgan fingerprint density at radius 1 is 0.909 bits per heavy atom. The Bertz CT molecular complexity index is 878. The molecule has 0 N–H and O–H groups in total. The van der Waals surface area contributed by atoms with E-state index in [4.69, 9.17) is 0 Å². The molecule has 3 rings (SSSR count). The first-order valence-corrected chi connectivity index (χ1v) is 6.48. The first-order chi connectivity index (χ1) is 10.5. The zero-order valence-corrected chi connectivity index (χ0v) is 11.2. The Kier molecular flexibility index (Phi) is 3.30. The van der Waals surface area contributed by atoms with E-state index in [1.54, 1.807) is 48.5 Å². The normalized spacial score (nSPS) is 11.4. The van der Waals surface area contributed by atoms with Crippen LogP contribution in [-0.4, -0.2) is 4.98 Å². The highest BCUT2D eigenvalue weighted by molar-refractivity contribution is 5.92. The molecule has 0 aliphatic rings. The highest BCUT2D eigenvalue weighted by Crippen LogP contribution is 2.40. The number of alkyl halides is 3. The van der Waals surface area contributed by atoms with Gasteiger partial charge >= 0.3 is 6.18 Å². The summed E-state index contributed by atoms with van der Waals surface area (Å²) < 4.78 is 40.2. The number of rotatable bonds is 1. The van der Waals surface area contributed by atoms with E-state index in [-0.39, 0.29) is 16.6 Å². The number of fused-ring (bicyclic) bond motifs is 1. The minimum absolute atomic E-state index is 0.0101. The standard InChI is InChI=1S/C17H9F3N2/c18-17(19,20)16-15(11-6-2-1-3-7-11)13(10-21)12-8-4-5-9-14(12)22-16/h1-9H. The van der Waals surface area contributed by atoms with Crippen molar-refractivity contribution in [2.75, 3.05) is 0 Å². The van der Waals surface area contributed by atoms with E-state index >= 15 is 0 Å². The van der Waals surface area contributed by atoms with Crippen molar-refractivity contribution in [2.24, 2.45) is 0 Å². The van der Waals surface area contributed by atoms with E-state index in [9.17, 15) is 18.4 Å². The third-order valence-electron chi connectivity index (χ3n) is 3.34. The average Bonchev–Trinajstić information content (AvgIpc) is 2.53. The summed E-state index contributed by atoms with van der Waals surface area (Å²) in [6.07, 6.45) is -4.64. The SMILES string of the molecule is N#Cc1c(-c2ccccc2)c(C(F)(F)F)nc2ccccc12. The summed E-state index contributed by atoms with van der Waals surface area (Å²) in [5, 5.41) is 9.84. The van der Waals surface area contributed by atoms with Gasteiger partial charge in [-0.2, -0.15) is 18.4 Å². The quantitative estimate of drug-likeness (QED) is 0.647. The van der Waals surface area contributed by atoms with Crippen LogP contribution in [0.4, 0.5) is 13.2 Å². The predicted molar refractivity (Wildman–Crippen MR) is 76.9 cm³/mol. The van der Waals surface area contributed by atoms with E-state index in [1.165, 1.54) is 6.07 Å². The summed E-state index contributed by atoms with van der Waals surface area (Å²) in [6.45, 7) is 0. The first kappa shape index (κ1) is 14.1. The van der Waals surface area contributed by atoms with Gasteiger partial charge in [-0.15, -0.1) is 0 Å². The van der Waals surface area contributed by atoms with E-state index in [0.29, 0.717) is 10.9 Å². The Morgan fingerprint density at radius 2 is 1.55 bits per heavy atom. The van der Waals surface area contributed by atoms with Gasteiger partial charge in [-0.05, 0) is 11.6 Å². The van der Waals surface area contributed by atoms with Crippen molar-refractivity contribution in [1.82, 2.24) is 4.98 Å². The lowest BCUT2D eigenvalue weighted by Crippen LogP contribution is -2.12. The lowest BCUT2D eigenvalue weighted by molar-refractivity contribution is -0.140. The fourth-order valence-electron chi connectivity index (χ4n) is 2.42. The summed E-state index contributed by atoms with van der Waals surface area (Å²) in [4.78, 5) is 3.76. The van der Waals surface area contributed by atoms with Crippen LogP contribution in [0.5, 0.6) is 0 Å². The summed E-state index contributed by atoms with van der Waals surface area (Å²) in [5.41, 5.74) is -0.733. The molecule has 0 radical (unpaired) electrons. The van der Waals surface area contributed by atoms with Gasteiger partial charge in [0.2, 0.25) is 0 Å². The molecule has 2 nitrogen and oxygen atoms in total. The zero-order valence-electron chi connectivity index (χ0n) is 11.2. The van der Waals surface area contributed by atoms with Crippen LogP contribution < -0.4 is 0 Å². The van der Waals surface area contributed by atoms with Crippen LogP contribution in [-0.2, 0) is 6.18 Å². The number of aromatic nitrogens is 1. The highest BCUT2D eigenvalue weighted by Gasteiger charge is 2.37. The summed E-state index contributed by atoms with van der Waals surface area (Å²) in [7, 11) is 0. The second kappa shape index (κ2) is 5.15. The molecular formula is C17H9F3N2. The van der Waals surface area contributed by atoms with Crippen LogP contribution >= 0.6 is 0 Å². The Labute approximate surface area is 124 Å². The molecule has 1 aromatic heterocycles. The fraction of sp³-hybridized carbons (Fsp3) is 0.0588. The van der Waals surface area contributed by atoms with Gasteiger partial charge in [0, 0.05) is 10.9 Å². The minimum atomic E-state index is -4.64. The summed E-state index contributed by atoms with van der Waals surface area (Å²) >= 11 is 0. The van der Waals surface area contributed by atoms with Crippen LogP contribution in [0.3, 0.4) is 0 Å². The molecule has 2 aromatic carbocycles. The van der Waals surface area contributed by atoms with Crippen molar-refractivity contribution < 1.29 is 13.2 Å². The van der Waals surface area contributed by atoms with Crippen LogP contribution in [0.15, 0.2) is 54.6 Å². The third kappa shape index (κ3) is 2.29. The molecule has 0 unspecified atom stereocenters. The highest BCUT2D eigenvalue weighted by atomic mass is 19.4. The number of nitriles is 1. The Morgan fingerprint density at radius 3 is 2.18 bits per heavy atom. The van der Waals surface area contributed by atoms with E-state index in [1.807, 2.05) is 6.07 Å². The summed E-state index contributed by atoms with van der Waals surface area (Å²) in [5.74, 6) is 0. The smallest absolute Gasteiger partial charge is 0.243 e. The van der Waals surface area contributed by atoms with Gasteiger partial charge in [-0.25, -0.2) is 4.98 Å². The maximum atomic E-state index is 13.4. The number of halogens is 3. The minimum Gasteiger partial charge on any atom is -0.243 e. The lowest BCUT2D eigenvalue weighted by atomic mass is 9.95. The maximum absolute atomic E-state index is 13.4. The van der Waals surface area contributed by atoms with Crippen molar-refractivity contribution in [1.29, 1.82) is 5.26 Å². The van der Waals surface area contributed by atoms with Gasteiger partial charge in [-0.3, -0.25) is 0 Å². The fourth-order valence-corrected chi connectivity index (χ4v) is 2.42. The molecule has 0 spiro atoms. The van der Waals surface area contributed by atoms with Gasteiger partial charge < -0.3 is 0 Å². The molecule has 0 saturated heterocycles. The molecule has 0 bridgehead atoms. The van der Waals surface area contributed by atoms with Crippen molar-refractivity contribution in [2.45, 2.75) is 6.18 Å². The van der Waals surface area contributed by atoms with E-state index < -0.39 is 11.9 Å². The second-order valence-corrected chi connectivity index (χ2v) is 4.70. The lowest BCUT2D eigenvalue weighted by Gasteiger charge is -2.15. The number of pyridine rings is 1. The molecule has 0 saturated carbocycles. The van der Waals surface area contributed by atoms with Crippen molar-refractivity contribution in [3.8, 4) is 17.2 Å². The van der Waals surface area contributed by atoms with E-state index in [2.05, 4.69) is 4.98 Å². The second-order valence-electron chi connectivity index (χ2n) is 4.70. The van der Waals surface area contributed by atoms with Crippen LogP contribution in [0.2, 0.25) is 0 Å². The van der Waals surface area contributed by atoms with Crippen LogP contribution in [0, 0.1) is 11.3 Å². The zero-order chi connectivity index (χ0) is 15.7. The average molecular weight is 298 g/mol. The third-order valence-corrected chi connectivity index (χ3v) is 3.34. The molecule has 108 valence electrons. The van der Waals surface area contributed by atoms with E-state index in [0.717, 1.165) is 0 Å². The van der Waals surface area contributed by atoms with Crippen LogP contribution in [0.25, 0.3) is 22.0 Å². The molecule has 0 aliphatic carbocycles.